The van der Waals surface area contributed by atoms with Gasteiger partial charge in [-0.05, 0) is 31.4 Å². The first-order valence-corrected chi connectivity index (χ1v) is 7.96. The minimum absolute atomic E-state index is 0.338. The minimum Gasteiger partial charge on any atom is -0.437 e. The Kier molecular flexibility index (Phi) is 6.12. The highest BCUT2D eigenvalue weighted by Crippen LogP contribution is 2.26. The van der Waals surface area contributed by atoms with E-state index in [0.717, 1.165) is 17.7 Å². The first kappa shape index (κ1) is 17.4. The second-order valence-electron chi connectivity index (χ2n) is 6.20. The van der Waals surface area contributed by atoms with Gasteiger partial charge in [0.25, 0.3) is 0 Å². The Balaban J connectivity index is 2.01. The molecule has 0 aliphatic rings. The number of nitrogens with one attached hydrogen (secondary N) is 1. The van der Waals surface area contributed by atoms with E-state index in [4.69, 9.17) is 4.74 Å². The molecule has 0 bridgehead atoms. The van der Waals surface area contributed by atoms with E-state index in [1.54, 1.807) is 17.1 Å². The van der Waals surface area contributed by atoms with Gasteiger partial charge in [0.05, 0.1) is 23.6 Å². The lowest BCUT2D eigenvalue weighted by molar-refractivity contribution is 0.146. The monoisotopic (exact) mass is 318 g/mol. The number of hydrogen-bond donors (Lipinski definition) is 2. The van der Waals surface area contributed by atoms with Crippen molar-refractivity contribution in [3.05, 3.63) is 35.8 Å². The van der Waals surface area contributed by atoms with Crippen molar-refractivity contribution in [1.82, 2.24) is 20.1 Å². The Morgan fingerprint density at radius 1 is 1.39 bits per heavy atom. The predicted molar refractivity (Wildman–Crippen MR) is 89.4 cm³/mol. The average Bonchev–Trinajstić information content (AvgIpc) is 2.74. The average molecular weight is 318 g/mol. The van der Waals surface area contributed by atoms with Crippen LogP contribution in [0.3, 0.4) is 0 Å². The Hall–Kier alpha value is -1.92. The highest BCUT2D eigenvalue weighted by molar-refractivity contribution is 5.34. The second-order valence-corrected chi connectivity index (χ2v) is 6.20. The molecule has 2 rings (SSSR count). The summed E-state index contributed by atoms with van der Waals surface area (Å²) < 4.78 is 7.64. The number of hydrogen-bond acceptors (Lipinski definition) is 5. The van der Waals surface area contributed by atoms with Gasteiger partial charge in [-0.2, -0.15) is 5.10 Å². The molecule has 0 radical (unpaired) electrons. The summed E-state index contributed by atoms with van der Waals surface area (Å²) in [5.74, 6) is 1.86. The molecule has 126 valence electrons. The van der Waals surface area contributed by atoms with Crippen molar-refractivity contribution in [1.29, 1.82) is 0 Å². The van der Waals surface area contributed by atoms with Crippen LogP contribution < -0.4 is 10.1 Å². The fourth-order valence-electron chi connectivity index (χ4n) is 2.52. The van der Waals surface area contributed by atoms with Crippen molar-refractivity contribution in [3.8, 4) is 11.6 Å². The maximum absolute atomic E-state index is 9.95. The molecule has 0 saturated heterocycles. The van der Waals surface area contributed by atoms with Gasteiger partial charge in [0.15, 0.2) is 0 Å². The van der Waals surface area contributed by atoms with E-state index in [1.807, 2.05) is 26.1 Å². The Morgan fingerprint density at radius 2 is 2.17 bits per heavy atom. The Morgan fingerprint density at radius 3 is 2.83 bits per heavy atom. The molecule has 0 aliphatic carbocycles. The number of pyridine rings is 1. The second kappa shape index (κ2) is 8.08. The van der Waals surface area contributed by atoms with E-state index in [0.29, 0.717) is 30.6 Å². The summed E-state index contributed by atoms with van der Waals surface area (Å²) in [5.41, 5.74) is 1.91. The van der Waals surface area contributed by atoms with Crippen LogP contribution in [0.1, 0.15) is 31.5 Å². The normalized spacial score (nSPS) is 12.6. The van der Waals surface area contributed by atoms with Gasteiger partial charge >= 0.3 is 0 Å². The molecule has 1 atom stereocenters. The summed E-state index contributed by atoms with van der Waals surface area (Å²) in [6.45, 7) is 7.32. The first-order valence-electron chi connectivity index (χ1n) is 7.96. The van der Waals surface area contributed by atoms with Crippen LogP contribution >= 0.6 is 0 Å². The fraction of sp³-hybridized carbons (Fsp3) is 0.529. The number of aromatic nitrogens is 3. The maximum Gasteiger partial charge on any atom is 0.222 e. The van der Waals surface area contributed by atoms with Gasteiger partial charge in [0.1, 0.15) is 5.75 Å². The topological polar surface area (TPSA) is 72.2 Å². The molecule has 2 heterocycles. The number of rotatable bonds is 8. The van der Waals surface area contributed by atoms with Crippen LogP contribution in [0.2, 0.25) is 0 Å². The summed E-state index contributed by atoms with van der Waals surface area (Å²) in [6.07, 6.45) is 3.83. The molecule has 0 fully saturated rings. The molecule has 1 unspecified atom stereocenters. The van der Waals surface area contributed by atoms with Crippen molar-refractivity contribution < 1.29 is 9.84 Å². The summed E-state index contributed by atoms with van der Waals surface area (Å²) >= 11 is 0. The van der Waals surface area contributed by atoms with Gasteiger partial charge in [0.2, 0.25) is 5.88 Å². The smallest absolute Gasteiger partial charge is 0.222 e. The van der Waals surface area contributed by atoms with E-state index >= 15 is 0 Å². The Bertz CT molecular complexity index is 611. The van der Waals surface area contributed by atoms with Crippen LogP contribution in [-0.4, -0.2) is 32.5 Å². The molecule has 0 spiro atoms. The van der Waals surface area contributed by atoms with Crippen molar-refractivity contribution in [2.75, 3.05) is 6.54 Å². The zero-order valence-electron chi connectivity index (χ0n) is 14.3. The van der Waals surface area contributed by atoms with E-state index in [9.17, 15) is 5.11 Å². The van der Waals surface area contributed by atoms with Crippen LogP contribution in [0.4, 0.5) is 0 Å². The predicted octanol–water partition coefficient (Wildman–Crippen LogP) is 2.41. The number of nitrogens with zero attached hydrogens (tertiary/aromatic N) is 3. The van der Waals surface area contributed by atoms with Crippen molar-refractivity contribution in [2.24, 2.45) is 13.0 Å². The van der Waals surface area contributed by atoms with Crippen LogP contribution in [0.15, 0.2) is 24.5 Å². The van der Waals surface area contributed by atoms with E-state index in [2.05, 4.69) is 29.2 Å². The number of aryl methyl sites for hydroxylation is 2. The molecule has 6 heteroatoms. The molecule has 0 aromatic carbocycles. The number of ether oxygens (including phenoxy) is 1. The Labute approximate surface area is 137 Å². The quantitative estimate of drug-likeness (QED) is 0.782. The van der Waals surface area contributed by atoms with Gasteiger partial charge in [0, 0.05) is 26.3 Å². The van der Waals surface area contributed by atoms with Crippen molar-refractivity contribution in [3.63, 3.8) is 0 Å². The lowest BCUT2D eigenvalue weighted by Gasteiger charge is -2.14. The van der Waals surface area contributed by atoms with Gasteiger partial charge in [-0.1, -0.05) is 13.8 Å². The molecule has 0 amide bonds. The van der Waals surface area contributed by atoms with Gasteiger partial charge in [-0.25, -0.2) is 4.68 Å². The van der Waals surface area contributed by atoms with Crippen LogP contribution in [0.25, 0.3) is 0 Å². The summed E-state index contributed by atoms with van der Waals surface area (Å²) in [5, 5.41) is 17.7. The third kappa shape index (κ3) is 5.04. The fourth-order valence-corrected chi connectivity index (χ4v) is 2.52. The number of aliphatic hydroxyl groups excluding tert-OH is 1. The van der Waals surface area contributed by atoms with Gasteiger partial charge < -0.3 is 15.2 Å². The zero-order chi connectivity index (χ0) is 16.8. The van der Waals surface area contributed by atoms with Crippen LogP contribution in [0.5, 0.6) is 11.6 Å². The van der Waals surface area contributed by atoms with Crippen LogP contribution in [-0.2, 0) is 13.6 Å². The third-order valence-electron chi connectivity index (χ3n) is 3.56. The lowest BCUT2D eigenvalue weighted by atomic mass is 10.1. The summed E-state index contributed by atoms with van der Waals surface area (Å²) in [7, 11) is 1.86. The number of aliphatic hydroxyl groups is 1. The van der Waals surface area contributed by atoms with E-state index < -0.39 is 0 Å². The zero-order valence-corrected chi connectivity index (χ0v) is 14.3. The van der Waals surface area contributed by atoms with Crippen molar-refractivity contribution >= 4 is 0 Å². The SMILES string of the molecule is Cc1nn(C)c(Oc2cccnc2)c1CNCC(O)CC(C)C. The molecular formula is C17H26N4O2. The van der Waals surface area contributed by atoms with Crippen LogP contribution in [0, 0.1) is 12.8 Å². The molecule has 2 N–H and O–H groups in total. The summed E-state index contributed by atoms with van der Waals surface area (Å²) in [6, 6.07) is 3.69. The molecule has 0 aliphatic heterocycles. The largest absolute Gasteiger partial charge is 0.437 e. The standard InChI is InChI=1S/C17H26N4O2/c1-12(2)8-14(22)9-19-11-16-13(3)20-21(4)17(16)23-15-6-5-7-18-10-15/h5-7,10,12,14,19,22H,8-9,11H2,1-4H3. The first-order chi connectivity index (χ1) is 11.0. The summed E-state index contributed by atoms with van der Waals surface area (Å²) in [4.78, 5) is 4.06. The lowest BCUT2D eigenvalue weighted by Crippen LogP contribution is -2.27. The molecule has 23 heavy (non-hydrogen) atoms. The highest BCUT2D eigenvalue weighted by Gasteiger charge is 2.16. The highest BCUT2D eigenvalue weighted by atomic mass is 16.5. The molecule has 2 aromatic rings. The van der Waals surface area contributed by atoms with E-state index in [1.165, 1.54) is 0 Å². The molecule has 2 aromatic heterocycles. The van der Waals surface area contributed by atoms with Gasteiger partial charge in [-0.3, -0.25) is 4.98 Å². The minimum atomic E-state index is -0.338. The third-order valence-corrected chi connectivity index (χ3v) is 3.56. The van der Waals surface area contributed by atoms with Gasteiger partial charge in [-0.15, -0.1) is 0 Å². The van der Waals surface area contributed by atoms with Crippen molar-refractivity contribution in [2.45, 2.75) is 39.8 Å². The maximum atomic E-state index is 9.95. The molecule has 6 nitrogen and oxygen atoms in total. The molecular weight excluding hydrogens is 292 g/mol. The molecule has 0 saturated carbocycles. The van der Waals surface area contributed by atoms with E-state index in [-0.39, 0.29) is 6.10 Å².